The second-order valence-corrected chi connectivity index (χ2v) is 6.24. The Balaban J connectivity index is 2.01. The molecule has 1 heterocycles. The summed E-state index contributed by atoms with van der Waals surface area (Å²) in [5.41, 5.74) is 3.82. The molecule has 1 aromatic carbocycles. The van der Waals surface area contributed by atoms with Crippen LogP contribution in [0.15, 0.2) is 18.2 Å². The van der Waals surface area contributed by atoms with Crippen LogP contribution in [-0.2, 0) is 0 Å². The van der Waals surface area contributed by atoms with Gasteiger partial charge < -0.3 is 9.55 Å². The Morgan fingerprint density at radius 1 is 1.26 bits per heavy atom. The van der Waals surface area contributed by atoms with Gasteiger partial charge in [-0.25, -0.2) is 0 Å². The van der Waals surface area contributed by atoms with Gasteiger partial charge >= 0.3 is 0 Å². The molecule has 0 atom stereocenters. The van der Waals surface area contributed by atoms with Gasteiger partial charge in [-0.05, 0) is 62.4 Å². The Labute approximate surface area is 119 Å². The van der Waals surface area contributed by atoms with Crippen LogP contribution in [0.1, 0.15) is 50.6 Å². The molecule has 1 N–H and O–H groups in total. The van der Waals surface area contributed by atoms with Gasteiger partial charge in [-0.15, -0.1) is 0 Å². The minimum atomic E-state index is 0.588. The average Bonchev–Trinajstić information content (AvgIpc) is 2.76. The van der Waals surface area contributed by atoms with Crippen LogP contribution >= 0.6 is 12.2 Å². The maximum atomic E-state index is 5.56. The lowest BCUT2D eigenvalue weighted by Gasteiger charge is -2.29. The molecule has 0 spiro atoms. The fourth-order valence-corrected chi connectivity index (χ4v) is 3.87. The van der Waals surface area contributed by atoms with Gasteiger partial charge in [-0.3, -0.25) is 0 Å². The number of para-hydroxylation sites is 1. The third-order valence-electron chi connectivity index (χ3n) is 4.70. The minimum Gasteiger partial charge on any atom is -0.331 e. The van der Waals surface area contributed by atoms with E-state index < -0.39 is 0 Å². The number of nitrogens with zero attached hydrogens (tertiary/aromatic N) is 1. The maximum absolute atomic E-state index is 5.56. The Bertz CT molecular complexity index is 630. The highest BCUT2D eigenvalue weighted by Gasteiger charge is 2.23. The summed E-state index contributed by atoms with van der Waals surface area (Å²) in [5, 5.41) is 0. The highest BCUT2D eigenvalue weighted by atomic mass is 32.1. The van der Waals surface area contributed by atoms with E-state index >= 15 is 0 Å². The van der Waals surface area contributed by atoms with Gasteiger partial charge in [0, 0.05) is 6.04 Å². The van der Waals surface area contributed by atoms with Crippen molar-refractivity contribution in [2.24, 2.45) is 5.92 Å². The first kappa shape index (κ1) is 12.9. The minimum absolute atomic E-state index is 0.588. The Hall–Kier alpha value is -1.09. The molecule has 1 saturated carbocycles. The number of aromatic amines is 1. The number of hydrogen-bond donors (Lipinski definition) is 1. The molecule has 102 valence electrons. The summed E-state index contributed by atoms with van der Waals surface area (Å²) in [4.78, 5) is 3.37. The number of fused-ring (bicyclic) bond motifs is 1. The Kier molecular flexibility index (Phi) is 3.48. The molecule has 1 aliphatic carbocycles. The molecule has 1 aromatic heterocycles. The van der Waals surface area contributed by atoms with E-state index in [1.54, 1.807) is 0 Å². The topological polar surface area (TPSA) is 20.7 Å². The molecule has 3 rings (SSSR count). The van der Waals surface area contributed by atoms with Gasteiger partial charge in [0.15, 0.2) is 4.77 Å². The summed E-state index contributed by atoms with van der Waals surface area (Å²) in [6.07, 6.45) is 6.57. The predicted octanol–water partition coefficient (Wildman–Crippen LogP) is 5.15. The highest BCUT2D eigenvalue weighted by molar-refractivity contribution is 7.71. The van der Waals surface area contributed by atoms with Crippen LogP contribution in [0, 0.1) is 17.6 Å². The zero-order valence-corrected chi connectivity index (χ0v) is 12.6. The van der Waals surface area contributed by atoms with Gasteiger partial charge in [0.05, 0.1) is 11.0 Å². The lowest BCUT2D eigenvalue weighted by Crippen LogP contribution is -2.18. The van der Waals surface area contributed by atoms with Gasteiger partial charge in [-0.2, -0.15) is 0 Å². The molecular weight excluding hydrogens is 252 g/mol. The number of aromatic nitrogens is 2. The fraction of sp³-hybridized carbons (Fsp3) is 0.562. The fourth-order valence-electron chi connectivity index (χ4n) is 3.52. The normalized spacial score (nSPS) is 23.9. The summed E-state index contributed by atoms with van der Waals surface area (Å²) in [6.45, 7) is 4.49. The van der Waals surface area contributed by atoms with Gasteiger partial charge in [0.1, 0.15) is 0 Å². The van der Waals surface area contributed by atoms with Crippen LogP contribution in [-0.4, -0.2) is 9.55 Å². The number of rotatable bonds is 2. The maximum Gasteiger partial charge on any atom is 0.178 e. The third-order valence-corrected chi connectivity index (χ3v) is 5.00. The zero-order valence-electron chi connectivity index (χ0n) is 11.8. The number of nitrogens with one attached hydrogen (secondary N) is 1. The van der Waals surface area contributed by atoms with Crippen molar-refractivity contribution in [3.63, 3.8) is 0 Å². The molecule has 3 heteroatoms. The monoisotopic (exact) mass is 274 g/mol. The molecule has 0 bridgehead atoms. The number of imidazole rings is 1. The van der Waals surface area contributed by atoms with Crippen LogP contribution in [0.25, 0.3) is 11.0 Å². The van der Waals surface area contributed by atoms with Gasteiger partial charge in [-0.1, -0.05) is 25.5 Å². The standard InChI is InChI=1S/C16H22N2S/c1-3-12-7-9-13(10-8-12)18-15-11(2)5-4-6-14(15)17-16(18)19/h4-6,12-13H,3,7-10H2,1-2H3,(H,17,19). The number of hydrogen-bond acceptors (Lipinski definition) is 1. The quantitative estimate of drug-likeness (QED) is 0.751. The van der Waals surface area contributed by atoms with Crippen LogP contribution in [0.4, 0.5) is 0 Å². The smallest absolute Gasteiger partial charge is 0.178 e. The molecule has 0 unspecified atom stereocenters. The molecule has 19 heavy (non-hydrogen) atoms. The molecule has 0 radical (unpaired) electrons. The van der Waals surface area contributed by atoms with Gasteiger partial charge in [0.2, 0.25) is 0 Å². The first-order valence-electron chi connectivity index (χ1n) is 7.40. The number of benzene rings is 1. The van der Waals surface area contributed by atoms with Crippen LogP contribution in [0.2, 0.25) is 0 Å². The van der Waals surface area contributed by atoms with Crippen molar-refractivity contribution in [2.75, 3.05) is 0 Å². The lowest BCUT2D eigenvalue weighted by molar-refractivity contribution is 0.271. The van der Waals surface area contributed by atoms with E-state index in [-0.39, 0.29) is 0 Å². The van der Waals surface area contributed by atoms with E-state index in [1.807, 2.05) is 0 Å². The second-order valence-electron chi connectivity index (χ2n) is 5.85. The van der Waals surface area contributed by atoms with Crippen LogP contribution < -0.4 is 0 Å². The van der Waals surface area contributed by atoms with Crippen molar-refractivity contribution in [1.29, 1.82) is 0 Å². The van der Waals surface area contributed by atoms with Crippen molar-refractivity contribution >= 4 is 23.3 Å². The van der Waals surface area contributed by atoms with Crippen molar-refractivity contribution in [1.82, 2.24) is 9.55 Å². The average molecular weight is 274 g/mol. The van der Waals surface area contributed by atoms with E-state index in [0.717, 1.165) is 10.7 Å². The molecule has 0 amide bonds. The molecule has 1 fully saturated rings. The largest absolute Gasteiger partial charge is 0.331 e. The summed E-state index contributed by atoms with van der Waals surface area (Å²) in [6, 6.07) is 7.00. The first-order valence-corrected chi connectivity index (χ1v) is 7.81. The van der Waals surface area contributed by atoms with Gasteiger partial charge in [0.25, 0.3) is 0 Å². The summed E-state index contributed by atoms with van der Waals surface area (Å²) in [7, 11) is 0. The molecule has 2 aromatic rings. The van der Waals surface area contributed by atoms with Crippen LogP contribution in [0.5, 0.6) is 0 Å². The highest BCUT2D eigenvalue weighted by Crippen LogP contribution is 2.36. The molecule has 1 aliphatic rings. The third kappa shape index (κ3) is 2.25. The van der Waals surface area contributed by atoms with Crippen LogP contribution in [0.3, 0.4) is 0 Å². The molecule has 2 nitrogen and oxygen atoms in total. The first-order chi connectivity index (χ1) is 9.20. The van der Waals surface area contributed by atoms with E-state index in [0.29, 0.717) is 6.04 Å². The summed E-state index contributed by atoms with van der Waals surface area (Å²) < 4.78 is 3.27. The molecular formula is C16H22N2S. The Morgan fingerprint density at radius 2 is 2.00 bits per heavy atom. The number of aryl methyl sites for hydroxylation is 1. The van der Waals surface area contributed by atoms with Crippen molar-refractivity contribution in [3.8, 4) is 0 Å². The second kappa shape index (κ2) is 5.12. The van der Waals surface area contributed by atoms with E-state index in [2.05, 4.69) is 41.6 Å². The van der Waals surface area contributed by atoms with E-state index in [1.165, 1.54) is 48.7 Å². The summed E-state index contributed by atoms with van der Waals surface area (Å²) >= 11 is 5.56. The molecule has 0 saturated heterocycles. The lowest BCUT2D eigenvalue weighted by atomic mass is 9.84. The van der Waals surface area contributed by atoms with Crippen molar-refractivity contribution in [3.05, 3.63) is 28.5 Å². The zero-order chi connectivity index (χ0) is 13.4. The van der Waals surface area contributed by atoms with Crippen molar-refractivity contribution in [2.45, 2.75) is 52.0 Å². The van der Waals surface area contributed by atoms with E-state index in [4.69, 9.17) is 12.2 Å². The SMILES string of the molecule is CCC1CCC(n2c(=S)[nH]c3cccc(C)c32)CC1. The predicted molar refractivity (Wildman–Crippen MR) is 83.1 cm³/mol. The molecule has 0 aliphatic heterocycles. The Morgan fingerprint density at radius 3 is 2.68 bits per heavy atom. The van der Waals surface area contributed by atoms with Crippen molar-refractivity contribution < 1.29 is 0 Å². The van der Waals surface area contributed by atoms with E-state index in [9.17, 15) is 0 Å². The summed E-state index contributed by atoms with van der Waals surface area (Å²) in [5.74, 6) is 0.928. The number of H-pyrrole nitrogens is 1.